The first-order chi connectivity index (χ1) is 18.4. The van der Waals surface area contributed by atoms with E-state index in [9.17, 15) is 9.59 Å². The van der Waals surface area contributed by atoms with Gasteiger partial charge >= 0.3 is 0 Å². The van der Waals surface area contributed by atoms with Crippen LogP contribution in [-0.2, 0) is 11.2 Å². The predicted octanol–water partition coefficient (Wildman–Crippen LogP) is 7.38. The number of para-hydroxylation sites is 1. The molecule has 0 aliphatic rings. The molecule has 1 atom stereocenters. The van der Waals surface area contributed by atoms with Crippen LogP contribution in [0.3, 0.4) is 0 Å². The molecule has 2 N–H and O–H groups in total. The minimum Gasteiger partial charge on any atom is -0.492 e. The summed E-state index contributed by atoms with van der Waals surface area (Å²) in [5.74, 6) is 0.302. The Kier molecular flexibility index (Phi) is 9.40. The Labute approximate surface area is 235 Å². The zero-order valence-electron chi connectivity index (χ0n) is 20.6. The van der Waals surface area contributed by atoms with E-state index < -0.39 is 6.10 Å². The lowest BCUT2D eigenvalue weighted by Gasteiger charge is -2.16. The second kappa shape index (κ2) is 13.1. The molecule has 2 amide bonds. The van der Waals surface area contributed by atoms with Crippen LogP contribution in [0.2, 0.25) is 5.02 Å². The highest BCUT2D eigenvalue weighted by molar-refractivity contribution is 9.10. The Morgan fingerprint density at radius 2 is 1.50 bits per heavy atom. The maximum Gasteiger partial charge on any atom is 0.265 e. The molecule has 0 spiro atoms. The van der Waals surface area contributed by atoms with Crippen molar-refractivity contribution in [3.05, 3.63) is 118 Å². The van der Waals surface area contributed by atoms with Gasteiger partial charge in [-0.05, 0) is 67.1 Å². The summed E-state index contributed by atoms with van der Waals surface area (Å²) in [6.07, 6.45) is -0.0289. The summed E-state index contributed by atoms with van der Waals surface area (Å²) >= 11 is 9.53. The molecule has 0 heterocycles. The molecule has 0 fully saturated rings. The zero-order valence-corrected chi connectivity index (χ0v) is 23.0. The van der Waals surface area contributed by atoms with Gasteiger partial charge in [-0.3, -0.25) is 9.59 Å². The van der Waals surface area contributed by atoms with Gasteiger partial charge in [0.05, 0.1) is 17.2 Å². The smallest absolute Gasteiger partial charge is 0.265 e. The fourth-order valence-electron chi connectivity index (χ4n) is 3.59. The summed E-state index contributed by atoms with van der Waals surface area (Å²) in [7, 11) is 0. The monoisotopic (exact) mass is 592 g/mol. The van der Waals surface area contributed by atoms with Gasteiger partial charge in [-0.25, -0.2) is 0 Å². The van der Waals surface area contributed by atoms with Gasteiger partial charge in [0.25, 0.3) is 11.8 Å². The quantitative estimate of drug-likeness (QED) is 0.201. The van der Waals surface area contributed by atoms with Crippen LogP contribution in [0.4, 0.5) is 11.4 Å². The van der Waals surface area contributed by atoms with Crippen molar-refractivity contribution in [1.29, 1.82) is 0 Å². The van der Waals surface area contributed by atoms with E-state index in [-0.39, 0.29) is 11.8 Å². The largest absolute Gasteiger partial charge is 0.492 e. The van der Waals surface area contributed by atoms with Crippen molar-refractivity contribution >= 4 is 50.7 Å². The van der Waals surface area contributed by atoms with Crippen molar-refractivity contribution in [2.75, 3.05) is 17.2 Å². The van der Waals surface area contributed by atoms with E-state index in [1.165, 1.54) is 0 Å². The molecule has 6 nitrogen and oxygen atoms in total. The van der Waals surface area contributed by atoms with Crippen LogP contribution < -0.4 is 20.1 Å². The lowest BCUT2D eigenvalue weighted by atomic mass is 10.1. The van der Waals surface area contributed by atoms with Gasteiger partial charge in [0.1, 0.15) is 11.5 Å². The van der Waals surface area contributed by atoms with E-state index in [1.54, 1.807) is 67.6 Å². The zero-order chi connectivity index (χ0) is 26.9. The van der Waals surface area contributed by atoms with Crippen LogP contribution in [0.25, 0.3) is 0 Å². The van der Waals surface area contributed by atoms with Gasteiger partial charge in [0, 0.05) is 22.3 Å². The van der Waals surface area contributed by atoms with Crippen LogP contribution in [0.1, 0.15) is 22.8 Å². The lowest BCUT2D eigenvalue weighted by Crippen LogP contribution is -2.30. The second-order valence-electron chi connectivity index (χ2n) is 8.44. The molecule has 0 aliphatic carbocycles. The minimum absolute atomic E-state index is 0.306. The third kappa shape index (κ3) is 7.60. The number of halogens is 2. The number of anilines is 2. The van der Waals surface area contributed by atoms with Crippen LogP contribution in [0.15, 0.2) is 102 Å². The number of benzene rings is 4. The number of hydrogen-bond donors (Lipinski definition) is 2. The van der Waals surface area contributed by atoms with E-state index in [0.29, 0.717) is 40.1 Å². The molecule has 0 saturated carbocycles. The lowest BCUT2D eigenvalue weighted by molar-refractivity contribution is -0.122. The molecule has 0 bridgehead atoms. The summed E-state index contributed by atoms with van der Waals surface area (Å²) in [4.78, 5) is 25.6. The number of rotatable bonds is 10. The molecular formula is C30H26BrClN2O4. The summed E-state index contributed by atoms with van der Waals surface area (Å²) < 4.78 is 12.4. The Bertz CT molecular complexity index is 1400. The molecule has 8 heteroatoms. The van der Waals surface area contributed by atoms with Gasteiger partial charge in [0.15, 0.2) is 6.10 Å². The standard InChI is InChI=1S/C30H26BrClN2O4/c1-20(38-28-10-6-5-9-26(28)32)29(35)33-23-12-14-24(15-13-23)34-30(36)25-19-22(31)11-16-27(25)37-18-17-21-7-3-2-4-8-21/h2-16,19-20H,17-18H2,1H3,(H,33,35)(H,34,36). The average Bonchev–Trinajstić information content (AvgIpc) is 2.92. The molecule has 0 saturated heterocycles. The first kappa shape index (κ1) is 27.2. The van der Waals surface area contributed by atoms with Crippen molar-refractivity contribution in [1.82, 2.24) is 0 Å². The number of carbonyl (C=O) groups is 2. The Hall–Kier alpha value is -3.81. The topological polar surface area (TPSA) is 76.7 Å². The molecule has 0 radical (unpaired) electrons. The highest BCUT2D eigenvalue weighted by Crippen LogP contribution is 2.26. The van der Waals surface area contributed by atoms with E-state index in [1.807, 2.05) is 36.4 Å². The Morgan fingerprint density at radius 3 is 2.21 bits per heavy atom. The fraction of sp³-hybridized carbons (Fsp3) is 0.133. The number of nitrogens with one attached hydrogen (secondary N) is 2. The molecule has 4 aromatic carbocycles. The fourth-order valence-corrected chi connectivity index (χ4v) is 4.13. The summed E-state index contributed by atoms with van der Waals surface area (Å²) in [5.41, 5.74) is 2.71. The molecule has 4 aromatic rings. The van der Waals surface area contributed by atoms with Crippen LogP contribution in [-0.4, -0.2) is 24.5 Å². The minimum atomic E-state index is -0.758. The molecule has 0 aromatic heterocycles. The maximum atomic E-state index is 13.1. The molecular weight excluding hydrogens is 568 g/mol. The summed E-state index contributed by atoms with van der Waals surface area (Å²) in [6.45, 7) is 2.09. The normalized spacial score (nSPS) is 11.3. The van der Waals surface area contributed by atoms with Crippen LogP contribution >= 0.6 is 27.5 Å². The van der Waals surface area contributed by atoms with Gasteiger partial charge in [-0.1, -0.05) is 70.0 Å². The van der Waals surface area contributed by atoms with Crippen molar-refractivity contribution in [2.45, 2.75) is 19.4 Å². The van der Waals surface area contributed by atoms with Gasteiger partial charge in [-0.15, -0.1) is 0 Å². The Balaban J connectivity index is 1.34. The van der Waals surface area contributed by atoms with Crippen LogP contribution in [0, 0.1) is 0 Å². The van der Waals surface area contributed by atoms with Gasteiger partial charge < -0.3 is 20.1 Å². The van der Waals surface area contributed by atoms with E-state index >= 15 is 0 Å². The molecule has 194 valence electrons. The average molecular weight is 594 g/mol. The molecule has 4 rings (SSSR count). The third-order valence-corrected chi connectivity index (χ3v) is 6.40. The van der Waals surface area contributed by atoms with E-state index in [4.69, 9.17) is 21.1 Å². The van der Waals surface area contributed by atoms with Crippen molar-refractivity contribution in [3.63, 3.8) is 0 Å². The van der Waals surface area contributed by atoms with Crippen LogP contribution in [0.5, 0.6) is 11.5 Å². The third-order valence-electron chi connectivity index (χ3n) is 5.60. The number of carbonyl (C=O) groups excluding carboxylic acids is 2. The highest BCUT2D eigenvalue weighted by atomic mass is 79.9. The number of ether oxygens (including phenoxy) is 2. The second-order valence-corrected chi connectivity index (χ2v) is 9.76. The summed E-state index contributed by atoms with van der Waals surface area (Å²) in [6, 6.07) is 29.1. The molecule has 0 aliphatic heterocycles. The van der Waals surface area contributed by atoms with Crippen molar-refractivity contribution < 1.29 is 19.1 Å². The van der Waals surface area contributed by atoms with E-state index in [0.717, 1.165) is 16.5 Å². The summed E-state index contributed by atoms with van der Waals surface area (Å²) in [5, 5.41) is 6.12. The highest BCUT2D eigenvalue weighted by Gasteiger charge is 2.17. The van der Waals surface area contributed by atoms with Crippen molar-refractivity contribution in [2.24, 2.45) is 0 Å². The number of amides is 2. The SMILES string of the molecule is CC(Oc1ccccc1Cl)C(=O)Nc1ccc(NC(=O)c2cc(Br)ccc2OCCc2ccccc2)cc1. The van der Waals surface area contributed by atoms with Gasteiger partial charge in [-0.2, -0.15) is 0 Å². The van der Waals surface area contributed by atoms with Gasteiger partial charge in [0.2, 0.25) is 0 Å². The molecule has 38 heavy (non-hydrogen) atoms. The molecule has 1 unspecified atom stereocenters. The van der Waals surface area contributed by atoms with E-state index in [2.05, 4.69) is 26.6 Å². The maximum absolute atomic E-state index is 13.1. The predicted molar refractivity (Wildman–Crippen MR) is 154 cm³/mol. The number of hydrogen-bond acceptors (Lipinski definition) is 4. The van der Waals surface area contributed by atoms with Crippen molar-refractivity contribution in [3.8, 4) is 11.5 Å². The Morgan fingerprint density at radius 1 is 0.842 bits per heavy atom. The first-order valence-corrected chi connectivity index (χ1v) is 13.2. The first-order valence-electron chi connectivity index (χ1n) is 12.0.